The van der Waals surface area contributed by atoms with Gasteiger partial charge < -0.3 is 0 Å². The average molecular weight is 487 g/mol. The van der Waals surface area contributed by atoms with Gasteiger partial charge in [-0.3, -0.25) is 14.2 Å². The Morgan fingerprint density at radius 3 is 2.38 bits per heavy atom. The van der Waals surface area contributed by atoms with E-state index in [2.05, 4.69) is 15.9 Å². The van der Waals surface area contributed by atoms with E-state index in [-0.39, 0.29) is 10.7 Å². The maximum atomic E-state index is 13.3. The molecule has 0 amide bonds. The Labute approximate surface area is 176 Å². The molecule has 0 saturated heterocycles. The van der Waals surface area contributed by atoms with Crippen LogP contribution in [0.3, 0.4) is 0 Å². The van der Waals surface area contributed by atoms with Gasteiger partial charge in [0.25, 0.3) is 0 Å². The van der Waals surface area contributed by atoms with Crippen molar-refractivity contribution in [1.82, 2.24) is 4.57 Å². The van der Waals surface area contributed by atoms with Crippen LogP contribution in [0.5, 0.6) is 0 Å². The van der Waals surface area contributed by atoms with Gasteiger partial charge in [0.05, 0.1) is 14.5 Å². The molecule has 2 aromatic carbocycles. The third kappa shape index (κ3) is 3.82. The lowest BCUT2D eigenvalue weighted by Crippen LogP contribution is -2.19. The van der Waals surface area contributed by atoms with Crippen molar-refractivity contribution in [1.29, 1.82) is 0 Å². The van der Waals surface area contributed by atoms with Gasteiger partial charge in [0, 0.05) is 15.1 Å². The quantitative estimate of drug-likeness (QED) is 0.317. The molecular weight excluding hydrogens is 474 g/mol. The van der Waals surface area contributed by atoms with Gasteiger partial charge in [-0.1, -0.05) is 38.9 Å². The number of Topliss-reactive ketones (excluding diaryl/α,β-unsaturated/α-hetero) is 1. The van der Waals surface area contributed by atoms with Gasteiger partial charge in [-0.05, 0) is 55.0 Å². The zero-order chi connectivity index (χ0) is 18.8. The molecule has 0 spiro atoms. The Balaban J connectivity index is 2.29. The van der Waals surface area contributed by atoms with Crippen LogP contribution in [-0.2, 0) is 0 Å². The Kier molecular flexibility index (Phi) is 6.35. The summed E-state index contributed by atoms with van der Waals surface area (Å²) < 4.78 is 4.02. The van der Waals surface area contributed by atoms with Gasteiger partial charge in [-0.25, -0.2) is 0 Å². The fraction of sp³-hybridized carbons (Fsp3) is 0.111. The highest BCUT2D eigenvalue weighted by Gasteiger charge is 2.23. The summed E-state index contributed by atoms with van der Waals surface area (Å²) >= 11 is 13.4. The Morgan fingerprint density at radius 2 is 1.77 bits per heavy atom. The monoisotopic (exact) mass is 485 g/mol. The van der Waals surface area contributed by atoms with Gasteiger partial charge in [0.2, 0.25) is 5.78 Å². The van der Waals surface area contributed by atoms with E-state index in [4.69, 9.17) is 11.6 Å². The molecular formula is C18H13BrClNO2S3. The molecule has 0 N–H and O–H groups in total. The number of hydrogen-bond acceptors (Lipinski definition) is 5. The molecule has 26 heavy (non-hydrogen) atoms. The molecule has 0 aliphatic heterocycles. The number of thioether (sulfide) groups is 2. The molecule has 0 unspecified atom stereocenters. The molecule has 0 atom stereocenters. The molecule has 3 rings (SSSR count). The summed E-state index contributed by atoms with van der Waals surface area (Å²) in [5, 5.41) is 0.560. The first-order valence-electron chi connectivity index (χ1n) is 7.40. The number of fused-ring (bicyclic) bond motifs is 1. The topological polar surface area (TPSA) is 39.1 Å². The number of thiazole rings is 1. The van der Waals surface area contributed by atoms with Crippen molar-refractivity contribution in [3.05, 3.63) is 71.4 Å². The number of carbonyl (C=O) groups is 1. The van der Waals surface area contributed by atoms with Crippen molar-refractivity contribution in [2.75, 3.05) is 12.5 Å². The second kappa shape index (κ2) is 8.35. The van der Waals surface area contributed by atoms with Crippen LogP contribution in [-0.4, -0.2) is 22.9 Å². The van der Waals surface area contributed by atoms with Crippen LogP contribution in [0.1, 0.15) is 10.4 Å². The smallest absolute Gasteiger partial charge is 0.287 e. The zero-order valence-corrected chi connectivity index (χ0v) is 18.6. The first-order chi connectivity index (χ1) is 12.5. The summed E-state index contributed by atoms with van der Waals surface area (Å²) in [6.07, 6.45) is 3.80. The van der Waals surface area contributed by atoms with Crippen LogP contribution in [0.15, 0.2) is 56.0 Å². The lowest BCUT2D eigenvalue weighted by atomic mass is 10.1. The maximum Gasteiger partial charge on any atom is 0.312 e. The summed E-state index contributed by atoms with van der Waals surface area (Å²) in [5.41, 5.74) is 1.60. The number of allylic oxidation sites excluding steroid dienone is 1. The van der Waals surface area contributed by atoms with E-state index in [0.29, 0.717) is 16.3 Å². The van der Waals surface area contributed by atoms with Crippen LogP contribution in [0, 0.1) is 0 Å². The summed E-state index contributed by atoms with van der Waals surface area (Å²) in [7, 11) is 0. The SMILES string of the molecule is CSC(SC)=C(C(=O)c1ccc(Cl)cc1)n1c(=O)sc2cc(Br)ccc21. The minimum Gasteiger partial charge on any atom is -0.287 e. The van der Waals surface area contributed by atoms with Gasteiger partial charge in [-0.15, -0.1) is 23.5 Å². The molecule has 134 valence electrons. The van der Waals surface area contributed by atoms with Crippen molar-refractivity contribution >= 4 is 84.1 Å². The van der Waals surface area contributed by atoms with Crippen molar-refractivity contribution in [2.24, 2.45) is 0 Å². The molecule has 8 heteroatoms. The number of benzene rings is 2. The van der Waals surface area contributed by atoms with E-state index in [0.717, 1.165) is 30.3 Å². The summed E-state index contributed by atoms with van der Waals surface area (Å²) in [4.78, 5) is 25.9. The summed E-state index contributed by atoms with van der Waals surface area (Å²) in [5.74, 6) is -0.204. The molecule has 0 aliphatic carbocycles. The molecule has 0 bridgehead atoms. The molecule has 0 aliphatic rings. The predicted molar refractivity (Wildman–Crippen MR) is 120 cm³/mol. The van der Waals surface area contributed by atoms with E-state index < -0.39 is 0 Å². The van der Waals surface area contributed by atoms with Crippen LogP contribution in [0.2, 0.25) is 5.02 Å². The number of aromatic nitrogens is 1. The summed E-state index contributed by atoms with van der Waals surface area (Å²) in [6, 6.07) is 12.3. The first-order valence-corrected chi connectivity index (χ1v) is 11.8. The highest BCUT2D eigenvalue weighted by Crippen LogP contribution is 2.34. The normalized spacial score (nSPS) is 10.9. The van der Waals surface area contributed by atoms with E-state index in [1.165, 1.54) is 28.1 Å². The lowest BCUT2D eigenvalue weighted by molar-refractivity contribution is 0.105. The first kappa shape index (κ1) is 19.8. The molecule has 3 nitrogen and oxygen atoms in total. The number of ketones is 1. The van der Waals surface area contributed by atoms with Crippen LogP contribution in [0.25, 0.3) is 15.9 Å². The number of carbonyl (C=O) groups excluding carboxylic acids is 1. The van der Waals surface area contributed by atoms with Gasteiger partial charge in [-0.2, -0.15) is 0 Å². The predicted octanol–water partition coefficient (Wildman–Crippen LogP) is 6.21. The lowest BCUT2D eigenvalue weighted by Gasteiger charge is -2.13. The second-order valence-corrected chi connectivity index (χ2v) is 9.43. The van der Waals surface area contributed by atoms with Crippen molar-refractivity contribution in [3.63, 3.8) is 0 Å². The number of halogens is 2. The molecule has 3 aromatic rings. The molecule has 1 heterocycles. The largest absolute Gasteiger partial charge is 0.312 e. The minimum atomic E-state index is -0.204. The van der Waals surface area contributed by atoms with Gasteiger partial charge >= 0.3 is 4.87 Å². The second-order valence-electron chi connectivity index (χ2n) is 5.20. The van der Waals surface area contributed by atoms with E-state index in [9.17, 15) is 9.59 Å². The summed E-state index contributed by atoms with van der Waals surface area (Å²) in [6.45, 7) is 0. The van der Waals surface area contributed by atoms with Crippen molar-refractivity contribution < 1.29 is 4.79 Å². The maximum absolute atomic E-state index is 13.3. The van der Waals surface area contributed by atoms with Crippen molar-refractivity contribution in [2.45, 2.75) is 0 Å². The average Bonchev–Trinajstić information content (AvgIpc) is 2.94. The number of hydrogen-bond donors (Lipinski definition) is 0. The van der Waals surface area contributed by atoms with Crippen molar-refractivity contribution in [3.8, 4) is 0 Å². The molecule has 0 radical (unpaired) electrons. The Bertz CT molecular complexity index is 1060. The van der Waals surface area contributed by atoms with Gasteiger partial charge in [0.15, 0.2) is 0 Å². The standard InChI is InChI=1S/C18H13BrClNO2S3/c1-24-17(25-2)15(16(22)10-3-6-12(20)7-4-10)21-13-8-5-11(19)9-14(13)26-18(21)23/h3-9H,1-2H3. The Morgan fingerprint density at radius 1 is 1.12 bits per heavy atom. The fourth-order valence-corrected chi connectivity index (χ4v) is 5.48. The zero-order valence-electron chi connectivity index (χ0n) is 13.8. The van der Waals surface area contributed by atoms with E-state index >= 15 is 0 Å². The highest BCUT2D eigenvalue weighted by atomic mass is 79.9. The Hall–Kier alpha value is -0.990. The molecule has 1 aromatic heterocycles. The number of rotatable bonds is 5. The van der Waals surface area contributed by atoms with Crippen LogP contribution < -0.4 is 4.87 Å². The number of nitrogens with zero attached hydrogens (tertiary/aromatic N) is 1. The van der Waals surface area contributed by atoms with E-state index in [1.807, 2.05) is 30.7 Å². The van der Waals surface area contributed by atoms with E-state index in [1.54, 1.807) is 24.3 Å². The minimum absolute atomic E-state index is 0.184. The van der Waals surface area contributed by atoms with Gasteiger partial charge in [0.1, 0.15) is 5.70 Å². The van der Waals surface area contributed by atoms with Crippen LogP contribution >= 0.6 is 62.4 Å². The molecule has 0 fully saturated rings. The molecule has 0 saturated carbocycles. The third-order valence-corrected chi connectivity index (χ3v) is 7.43. The fourth-order valence-electron chi connectivity index (χ4n) is 2.50. The third-order valence-electron chi connectivity index (χ3n) is 3.65. The van der Waals surface area contributed by atoms with Crippen LogP contribution in [0.4, 0.5) is 0 Å². The highest BCUT2D eigenvalue weighted by molar-refractivity contribution is 9.10.